The first-order valence-electron chi connectivity index (χ1n) is 5.07. The minimum absolute atomic E-state index is 0.336. The highest BCUT2D eigenvalue weighted by Crippen LogP contribution is 2.23. The summed E-state index contributed by atoms with van der Waals surface area (Å²) in [5.41, 5.74) is 7.10. The fraction of sp³-hybridized carbons (Fsp3) is 0.455. The topological polar surface area (TPSA) is 29.3 Å². The fourth-order valence-electron chi connectivity index (χ4n) is 1.91. The van der Waals surface area contributed by atoms with E-state index >= 15 is 0 Å². The lowest BCUT2D eigenvalue weighted by molar-refractivity contribution is 0.326. The molecule has 4 heteroatoms. The van der Waals surface area contributed by atoms with Crippen molar-refractivity contribution in [3.63, 3.8) is 0 Å². The van der Waals surface area contributed by atoms with E-state index in [4.69, 9.17) is 17.3 Å². The maximum absolute atomic E-state index is 5.97. The van der Waals surface area contributed by atoms with Crippen molar-refractivity contribution >= 4 is 27.5 Å². The van der Waals surface area contributed by atoms with Gasteiger partial charge >= 0.3 is 0 Å². The Hall–Kier alpha value is -0.0900. The lowest BCUT2D eigenvalue weighted by Gasteiger charge is -2.16. The minimum Gasteiger partial charge on any atom is -0.326 e. The van der Waals surface area contributed by atoms with Crippen LogP contribution in [0.15, 0.2) is 22.7 Å². The molecule has 0 saturated carbocycles. The molecule has 15 heavy (non-hydrogen) atoms. The molecular formula is C11H14BrClN2. The monoisotopic (exact) mass is 288 g/mol. The van der Waals surface area contributed by atoms with Gasteiger partial charge in [-0.25, -0.2) is 0 Å². The van der Waals surface area contributed by atoms with Gasteiger partial charge in [0.1, 0.15) is 0 Å². The van der Waals surface area contributed by atoms with E-state index in [1.54, 1.807) is 0 Å². The van der Waals surface area contributed by atoms with Crippen molar-refractivity contribution in [3.05, 3.63) is 33.3 Å². The molecule has 0 bridgehead atoms. The van der Waals surface area contributed by atoms with E-state index < -0.39 is 0 Å². The van der Waals surface area contributed by atoms with Crippen LogP contribution in [0, 0.1) is 0 Å². The summed E-state index contributed by atoms with van der Waals surface area (Å²) < 4.78 is 1.12. The van der Waals surface area contributed by atoms with Crippen LogP contribution in [0.2, 0.25) is 5.02 Å². The minimum atomic E-state index is 0.336. The fourth-order valence-corrected chi connectivity index (χ4v) is 2.48. The molecule has 1 heterocycles. The van der Waals surface area contributed by atoms with Crippen LogP contribution in [0.25, 0.3) is 0 Å². The second-order valence-electron chi connectivity index (χ2n) is 4.02. The molecule has 2 rings (SSSR count). The zero-order valence-corrected chi connectivity index (χ0v) is 10.8. The normalized spacial score (nSPS) is 22.2. The van der Waals surface area contributed by atoms with Gasteiger partial charge in [0.15, 0.2) is 0 Å². The summed E-state index contributed by atoms with van der Waals surface area (Å²) in [5.74, 6) is 0. The lowest BCUT2D eigenvalue weighted by atomic mass is 10.2. The summed E-state index contributed by atoms with van der Waals surface area (Å²) >= 11 is 9.50. The third-order valence-corrected chi connectivity index (χ3v) is 3.72. The number of nitrogens with two attached hydrogens (primary N) is 1. The van der Waals surface area contributed by atoms with Gasteiger partial charge in [-0.3, -0.25) is 4.90 Å². The molecule has 0 aromatic heterocycles. The molecule has 0 amide bonds. The molecule has 1 aliphatic rings. The van der Waals surface area contributed by atoms with Crippen molar-refractivity contribution in [2.45, 2.75) is 19.0 Å². The largest absolute Gasteiger partial charge is 0.326 e. The molecule has 0 spiro atoms. The van der Waals surface area contributed by atoms with Crippen molar-refractivity contribution in [2.75, 3.05) is 13.1 Å². The third kappa shape index (κ3) is 2.94. The summed E-state index contributed by atoms with van der Waals surface area (Å²) in [7, 11) is 0. The molecule has 1 fully saturated rings. The van der Waals surface area contributed by atoms with Gasteiger partial charge in [-0.2, -0.15) is 0 Å². The number of likely N-dealkylation sites (tertiary alicyclic amines) is 1. The predicted octanol–water partition coefficient (Wildman–Crippen LogP) is 2.64. The third-order valence-electron chi connectivity index (χ3n) is 2.71. The first kappa shape index (κ1) is 11.4. The molecule has 0 aliphatic carbocycles. The Morgan fingerprint density at radius 3 is 3.00 bits per heavy atom. The van der Waals surface area contributed by atoms with E-state index in [0.29, 0.717) is 6.04 Å². The second-order valence-corrected chi connectivity index (χ2v) is 5.31. The standard InChI is InChI=1S/C11H14BrClN2/c12-11-2-1-9(13)5-8(11)6-15-4-3-10(14)7-15/h1-2,5,10H,3-4,6-7,14H2. The summed E-state index contributed by atoms with van der Waals surface area (Å²) in [6.45, 7) is 2.99. The zero-order valence-electron chi connectivity index (χ0n) is 8.42. The molecule has 1 atom stereocenters. The van der Waals surface area contributed by atoms with Crippen LogP contribution >= 0.6 is 27.5 Å². The van der Waals surface area contributed by atoms with E-state index in [9.17, 15) is 0 Å². The number of benzene rings is 1. The SMILES string of the molecule is NC1CCN(Cc2cc(Cl)ccc2Br)C1. The van der Waals surface area contributed by atoms with Crippen LogP contribution in [0.3, 0.4) is 0 Å². The molecule has 1 aromatic rings. The average Bonchev–Trinajstić information content (AvgIpc) is 2.58. The number of hydrogen-bond donors (Lipinski definition) is 1. The quantitative estimate of drug-likeness (QED) is 0.907. The van der Waals surface area contributed by atoms with Crippen LogP contribution in [-0.2, 0) is 6.54 Å². The Balaban J connectivity index is 2.07. The highest BCUT2D eigenvalue weighted by molar-refractivity contribution is 9.10. The first-order valence-corrected chi connectivity index (χ1v) is 6.24. The molecule has 82 valence electrons. The van der Waals surface area contributed by atoms with Crippen LogP contribution in [0.4, 0.5) is 0 Å². The van der Waals surface area contributed by atoms with Crippen molar-refractivity contribution < 1.29 is 0 Å². The van der Waals surface area contributed by atoms with Crippen LogP contribution < -0.4 is 5.73 Å². The molecule has 1 saturated heterocycles. The number of halogens is 2. The first-order chi connectivity index (χ1) is 7.15. The molecule has 2 nitrogen and oxygen atoms in total. The maximum Gasteiger partial charge on any atom is 0.0410 e. The molecule has 1 unspecified atom stereocenters. The predicted molar refractivity (Wildman–Crippen MR) is 67.0 cm³/mol. The molecule has 1 aliphatic heterocycles. The highest BCUT2D eigenvalue weighted by Gasteiger charge is 2.19. The van der Waals surface area contributed by atoms with Gasteiger partial charge in [-0.15, -0.1) is 0 Å². The number of rotatable bonds is 2. The van der Waals surface area contributed by atoms with Gasteiger partial charge in [0.2, 0.25) is 0 Å². The lowest BCUT2D eigenvalue weighted by Crippen LogP contribution is -2.26. The van der Waals surface area contributed by atoms with Crippen molar-refractivity contribution in [2.24, 2.45) is 5.73 Å². The number of hydrogen-bond acceptors (Lipinski definition) is 2. The molecule has 1 aromatic carbocycles. The van der Waals surface area contributed by atoms with Crippen molar-refractivity contribution in [3.8, 4) is 0 Å². The van der Waals surface area contributed by atoms with Crippen LogP contribution in [0.1, 0.15) is 12.0 Å². The Bertz CT molecular complexity index is 356. The van der Waals surface area contributed by atoms with Gasteiger partial charge < -0.3 is 5.73 Å². The van der Waals surface area contributed by atoms with E-state index in [1.807, 2.05) is 18.2 Å². The van der Waals surface area contributed by atoms with Gasteiger partial charge in [-0.1, -0.05) is 27.5 Å². The van der Waals surface area contributed by atoms with Crippen LogP contribution in [0.5, 0.6) is 0 Å². The summed E-state index contributed by atoms with van der Waals surface area (Å²) in [6.07, 6.45) is 1.10. The van der Waals surface area contributed by atoms with Crippen LogP contribution in [-0.4, -0.2) is 24.0 Å². The summed E-state index contributed by atoms with van der Waals surface area (Å²) in [4.78, 5) is 2.36. The van der Waals surface area contributed by atoms with Crippen molar-refractivity contribution in [1.82, 2.24) is 4.90 Å². The van der Waals surface area contributed by atoms with E-state index in [1.165, 1.54) is 5.56 Å². The van der Waals surface area contributed by atoms with Gasteiger partial charge in [0.05, 0.1) is 0 Å². The van der Waals surface area contributed by atoms with Gasteiger partial charge in [0.25, 0.3) is 0 Å². The average molecular weight is 290 g/mol. The molecular weight excluding hydrogens is 275 g/mol. The maximum atomic E-state index is 5.97. The van der Waals surface area contributed by atoms with Crippen molar-refractivity contribution in [1.29, 1.82) is 0 Å². The molecule has 2 N–H and O–H groups in total. The van der Waals surface area contributed by atoms with E-state index in [0.717, 1.165) is 35.6 Å². The van der Waals surface area contributed by atoms with Gasteiger partial charge in [-0.05, 0) is 30.2 Å². The number of nitrogens with zero attached hydrogens (tertiary/aromatic N) is 1. The zero-order chi connectivity index (χ0) is 10.8. The Labute approximate surface area is 104 Å². The Morgan fingerprint density at radius 2 is 2.33 bits per heavy atom. The Morgan fingerprint density at radius 1 is 1.53 bits per heavy atom. The van der Waals surface area contributed by atoms with Gasteiger partial charge in [0, 0.05) is 35.2 Å². The highest BCUT2D eigenvalue weighted by atomic mass is 79.9. The second kappa shape index (κ2) is 4.83. The van der Waals surface area contributed by atoms with E-state index in [2.05, 4.69) is 20.8 Å². The van der Waals surface area contributed by atoms with E-state index in [-0.39, 0.29) is 0 Å². The summed E-state index contributed by atoms with van der Waals surface area (Å²) in [5, 5.41) is 0.789. The molecule has 0 radical (unpaired) electrons. The smallest absolute Gasteiger partial charge is 0.0410 e. The Kier molecular flexibility index (Phi) is 3.67. The summed E-state index contributed by atoms with van der Waals surface area (Å²) in [6, 6.07) is 6.23.